The molecule has 35 heavy (non-hydrogen) atoms. The van der Waals surface area contributed by atoms with Gasteiger partial charge < -0.3 is 14.4 Å². The van der Waals surface area contributed by atoms with Crippen molar-refractivity contribution in [3.63, 3.8) is 0 Å². The Labute approximate surface area is 212 Å². The van der Waals surface area contributed by atoms with Crippen molar-refractivity contribution in [1.82, 2.24) is 13.9 Å². The van der Waals surface area contributed by atoms with Gasteiger partial charge in [-0.05, 0) is 89.1 Å². The Bertz CT molecular complexity index is 834. The molecule has 6 nitrogen and oxygen atoms in total. The zero-order chi connectivity index (χ0) is 24.8. The predicted octanol–water partition coefficient (Wildman–Crippen LogP) is 5.30. The first kappa shape index (κ1) is 26.6. The zero-order valence-electron chi connectivity index (χ0n) is 20.9. The molecule has 1 aromatic carbocycles. The molecule has 1 aromatic rings. The van der Waals surface area contributed by atoms with E-state index in [1.165, 1.54) is 6.07 Å². The molecule has 9 heteroatoms. The number of halogens is 2. The summed E-state index contributed by atoms with van der Waals surface area (Å²) in [5.74, 6) is 0.323. The Morgan fingerprint density at radius 3 is 2.66 bits per heavy atom. The summed E-state index contributed by atoms with van der Waals surface area (Å²) in [6, 6.07) is 7.14. The van der Waals surface area contributed by atoms with Crippen molar-refractivity contribution in [2.75, 3.05) is 40.4 Å². The molecule has 1 saturated heterocycles. The number of carbonyl (C=O) groups is 1. The molecule has 1 amide bonds. The molecule has 1 aliphatic heterocycles. The summed E-state index contributed by atoms with van der Waals surface area (Å²) in [6.07, 6.45) is 6.22. The first-order valence-corrected chi connectivity index (χ1v) is 13.7. The quantitative estimate of drug-likeness (QED) is 0.454. The van der Waals surface area contributed by atoms with Crippen LogP contribution in [-0.2, 0) is 9.47 Å². The summed E-state index contributed by atoms with van der Waals surface area (Å²) >= 11 is 1.55. The number of carbonyl (C=O) groups excluding carboxylic acids is 1. The van der Waals surface area contributed by atoms with Gasteiger partial charge >= 0.3 is 6.09 Å². The topological polar surface area (TPSA) is 54.0 Å². The normalized spacial score (nSPS) is 28.5. The molecule has 1 heterocycles. The number of likely N-dealkylation sites (tertiary alicyclic amines) is 1. The summed E-state index contributed by atoms with van der Waals surface area (Å²) in [6.45, 7) is 1.52. The van der Waals surface area contributed by atoms with Crippen molar-refractivity contribution >= 4 is 18.2 Å². The maximum Gasteiger partial charge on any atom is 0.409 e. The minimum absolute atomic E-state index is 0.118. The van der Waals surface area contributed by atoms with Gasteiger partial charge in [0.1, 0.15) is 18.1 Å². The van der Waals surface area contributed by atoms with Crippen LogP contribution in [0, 0.1) is 11.7 Å². The van der Waals surface area contributed by atoms with Gasteiger partial charge in [-0.1, -0.05) is 12.1 Å². The number of hydrogen-bond donors (Lipinski definition) is 1. The Kier molecular flexibility index (Phi) is 9.29. The van der Waals surface area contributed by atoms with Gasteiger partial charge in [-0.2, -0.15) is 0 Å². The number of nitrogens with one attached hydrogen (secondary N) is 1. The van der Waals surface area contributed by atoms with Crippen LogP contribution in [0.5, 0.6) is 0 Å². The van der Waals surface area contributed by atoms with Gasteiger partial charge in [-0.15, -0.1) is 0 Å². The number of rotatable bonds is 9. The molecule has 0 bridgehead atoms. The van der Waals surface area contributed by atoms with E-state index in [4.69, 9.17) is 9.47 Å². The first-order chi connectivity index (χ1) is 16.8. The molecule has 2 atom stereocenters. The molecular formula is C26H39F2N3O3S. The predicted molar refractivity (Wildman–Crippen MR) is 134 cm³/mol. The number of hydrogen-bond acceptors (Lipinski definition) is 6. The van der Waals surface area contributed by atoms with E-state index >= 15 is 0 Å². The Balaban J connectivity index is 1.27. The van der Waals surface area contributed by atoms with Crippen LogP contribution >= 0.6 is 12.1 Å². The maximum absolute atomic E-state index is 14.3. The van der Waals surface area contributed by atoms with Crippen molar-refractivity contribution in [1.29, 1.82) is 0 Å². The molecule has 196 valence electrons. The Morgan fingerprint density at radius 2 is 2.00 bits per heavy atom. The third-order valence-electron chi connectivity index (χ3n) is 7.62. The van der Waals surface area contributed by atoms with E-state index in [1.54, 1.807) is 29.2 Å². The molecule has 2 saturated carbocycles. The average molecular weight is 512 g/mol. The molecule has 2 aliphatic carbocycles. The summed E-state index contributed by atoms with van der Waals surface area (Å²) in [5.41, 5.74) is -0.253. The SMILES string of the molecule is CN(C)SNC1CCN(C(=O)OCC2(F)CCC2)C[C@H]1CO[C@H]1CC[C@@H](c2cccc(F)c2)CC1. The van der Waals surface area contributed by atoms with Gasteiger partial charge in [0.15, 0.2) is 0 Å². The van der Waals surface area contributed by atoms with Crippen molar-refractivity contribution in [2.24, 2.45) is 5.92 Å². The second kappa shape index (κ2) is 12.2. The first-order valence-electron chi connectivity index (χ1n) is 12.9. The number of nitrogens with zero attached hydrogens (tertiary/aromatic N) is 2. The number of benzene rings is 1. The highest BCUT2D eigenvalue weighted by Gasteiger charge is 2.40. The van der Waals surface area contributed by atoms with E-state index in [0.29, 0.717) is 38.5 Å². The fourth-order valence-electron chi connectivity index (χ4n) is 5.27. The van der Waals surface area contributed by atoms with Crippen molar-refractivity contribution in [2.45, 2.75) is 75.1 Å². The van der Waals surface area contributed by atoms with Crippen molar-refractivity contribution < 1.29 is 23.0 Å². The van der Waals surface area contributed by atoms with Crippen molar-refractivity contribution in [3.8, 4) is 0 Å². The van der Waals surface area contributed by atoms with Crippen LogP contribution in [-0.4, -0.2) is 73.5 Å². The number of piperidine rings is 1. The summed E-state index contributed by atoms with van der Waals surface area (Å²) in [7, 11) is 3.97. The monoisotopic (exact) mass is 511 g/mol. The molecule has 0 radical (unpaired) electrons. The summed E-state index contributed by atoms with van der Waals surface area (Å²) < 4.78 is 45.1. The fraction of sp³-hybridized carbons (Fsp3) is 0.731. The number of ether oxygens (including phenoxy) is 2. The average Bonchev–Trinajstić information content (AvgIpc) is 2.84. The third-order valence-corrected chi connectivity index (χ3v) is 8.40. The molecule has 1 unspecified atom stereocenters. The smallest absolute Gasteiger partial charge is 0.409 e. The number of alkyl halides is 1. The fourth-order valence-corrected chi connectivity index (χ4v) is 5.92. The summed E-state index contributed by atoms with van der Waals surface area (Å²) in [4.78, 5) is 14.3. The Morgan fingerprint density at radius 1 is 1.23 bits per heavy atom. The number of amides is 1. The van der Waals surface area contributed by atoms with Crippen molar-refractivity contribution in [3.05, 3.63) is 35.6 Å². The zero-order valence-corrected chi connectivity index (χ0v) is 21.7. The van der Waals surface area contributed by atoms with E-state index in [-0.39, 0.29) is 30.5 Å². The molecule has 3 aliphatic rings. The van der Waals surface area contributed by atoms with Gasteiger partial charge in [0.2, 0.25) is 0 Å². The summed E-state index contributed by atoms with van der Waals surface area (Å²) in [5, 5.41) is 0. The van der Waals surface area contributed by atoms with E-state index < -0.39 is 11.8 Å². The third kappa shape index (κ3) is 7.54. The highest BCUT2D eigenvalue weighted by molar-refractivity contribution is 7.95. The lowest BCUT2D eigenvalue weighted by Crippen LogP contribution is -2.52. The van der Waals surface area contributed by atoms with Gasteiger partial charge in [0, 0.05) is 37.2 Å². The van der Waals surface area contributed by atoms with E-state index in [0.717, 1.165) is 44.1 Å². The van der Waals surface area contributed by atoms with Crippen LogP contribution in [0.1, 0.15) is 62.8 Å². The van der Waals surface area contributed by atoms with Gasteiger partial charge in [-0.25, -0.2) is 22.6 Å². The lowest BCUT2D eigenvalue weighted by molar-refractivity contribution is -0.0321. The van der Waals surface area contributed by atoms with Crippen LogP contribution in [0.2, 0.25) is 0 Å². The van der Waals surface area contributed by atoms with Crippen LogP contribution < -0.4 is 4.72 Å². The molecule has 1 N–H and O–H groups in total. The van der Waals surface area contributed by atoms with Crippen LogP contribution in [0.15, 0.2) is 24.3 Å². The maximum atomic E-state index is 14.3. The van der Waals surface area contributed by atoms with Crippen LogP contribution in [0.25, 0.3) is 0 Å². The molecule has 0 spiro atoms. The van der Waals surface area contributed by atoms with E-state index in [9.17, 15) is 13.6 Å². The molecule has 3 fully saturated rings. The van der Waals surface area contributed by atoms with Gasteiger partial charge in [0.25, 0.3) is 0 Å². The van der Waals surface area contributed by atoms with E-state index in [1.807, 2.05) is 24.5 Å². The Hall–Kier alpha value is -1.42. The molecule has 4 rings (SSSR count). The van der Waals surface area contributed by atoms with Gasteiger partial charge in [-0.3, -0.25) is 0 Å². The van der Waals surface area contributed by atoms with Crippen LogP contribution in [0.4, 0.5) is 13.6 Å². The lowest BCUT2D eigenvalue weighted by atomic mass is 9.82. The molecule has 0 aromatic heterocycles. The lowest BCUT2D eigenvalue weighted by Gasteiger charge is -2.40. The second-order valence-electron chi connectivity index (χ2n) is 10.5. The minimum atomic E-state index is -1.33. The largest absolute Gasteiger partial charge is 0.446 e. The minimum Gasteiger partial charge on any atom is -0.446 e. The highest BCUT2D eigenvalue weighted by atomic mass is 32.2. The van der Waals surface area contributed by atoms with E-state index in [2.05, 4.69) is 4.72 Å². The second-order valence-corrected chi connectivity index (χ2v) is 11.7. The van der Waals surface area contributed by atoms with Gasteiger partial charge in [0.05, 0.1) is 12.7 Å². The standard InChI is InChI=1S/C26H39F2N3O3S/c1-30(2)35-29-24-11-14-31(25(32)34-18-26(28)12-4-13-26)16-21(24)17-33-23-9-7-19(8-10-23)20-5-3-6-22(27)15-20/h3,5-6,15,19,21,23-24,29H,4,7-14,16-18H2,1-2H3/t19-,21-,23+,24?/m0/s1. The highest BCUT2D eigenvalue weighted by Crippen LogP contribution is 2.36. The van der Waals surface area contributed by atoms with Crippen LogP contribution in [0.3, 0.4) is 0 Å². The molecular weight excluding hydrogens is 472 g/mol.